The third-order valence-corrected chi connectivity index (χ3v) is 2.91. The molecule has 0 aliphatic rings. The molecule has 0 aliphatic heterocycles. The van der Waals surface area contributed by atoms with Crippen molar-refractivity contribution in [3.63, 3.8) is 0 Å². The van der Waals surface area contributed by atoms with Gasteiger partial charge in [0.25, 0.3) is 0 Å². The summed E-state index contributed by atoms with van der Waals surface area (Å²) in [6, 6.07) is 1.02. The normalized spacial score (nSPS) is 11.6. The molecule has 1 aromatic rings. The fourth-order valence-corrected chi connectivity index (χ4v) is 1.84. The van der Waals surface area contributed by atoms with Gasteiger partial charge in [-0.2, -0.15) is 0 Å². The van der Waals surface area contributed by atoms with Gasteiger partial charge in [-0.15, -0.1) is 0 Å². The molecule has 8 heteroatoms. The van der Waals surface area contributed by atoms with Crippen molar-refractivity contribution >= 4 is 23.7 Å². The summed E-state index contributed by atoms with van der Waals surface area (Å²) in [5.41, 5.74) is 0.714. The molecule has 0 aliphatic carbocycles. The molecule has 0 saturated carbocycles. The number of aromatic carboxylic acids is 1. The Kier molecular flexibility index (Phi) is 5.34. The summed E-state index contributed by atoms with van der Waals surface area (Å²) in [6.45, 7) is 3.48. The number of aromatic nitrogens is 1. The summed E-state index contributed by atoms with van der Waals surface area (Å²) in [5.74, 6) is -2.06. The van der Waals surface area contributed by atoms with E-state index in [0.29, 0.717) is 5.69 Å². The molecule has 1 heterocycles. The number of aromatic amines is 1. The molecule has 0 aromatic carbocycles. The number of hydrogen-bond acceptors (Lipinski definition) is 4. The Morgan fingerprint density at radius 1 is 1.48 bits per heavy atom. The standard InChI is InChI=1S/C13H19N3O5/c1-7(12(19)21-4)6-16(3)13(20)15-9-5-8(2)14-10(9)11(17)18/h5,7,14H,6H2,1-4H3,(H,15,20)(H,17,18). The number of carboxylic acid groups (broad SMARTS) is 1. The van der Waals surface area contributed by atoms with E-state index in [2.05, 4.69) is 15.0 Å². The Hall–Kier alpha value is -2.51. The summed E-state index contributed by atoms with van der Waals surface area (Å²) in [4.78, 5) is 38.3. The maximum absolute atomic E-state index is 12.0. The molecule has 1 aromatic heterocycles. The molecule has 2 amide bonds. The van der Waals surface area contributed by atoms with E-state index in [1.54, 1.807) is 13.8 Å². The minimum Gasteiger partial charge on any atom is -0.477 e. The topological polar surface area (TPSA) is 112 Å². The van der Waals surface area contributed by atoms with Crippen molar-refractivity contribution in [3.05, 3.63) is 17.5 Å². The van der Waals surface area contributed by atoms with Crippen molar-refractivity contribution in [2.75, 3.05) is 26.0 Å². The number of esters is 1. The van der Waals surface area contributed by atoms with Crippen molar-refractivity contribution in [3.8, 4) is 0 Å². The van der Waals surface area contributed by atoms with Crippen molar-refractivity contribution in [1.82, 2.24) is 9.88 Å². The molecule has 8 nitrogen and oxygen atoms in total. The lowest BCUT2D eigenvalue weighted by Crippen LogP contribution is -2.37. The maximum Gasteiger partial charge on any atom is 0.354 e. The number of methoxy groups -OCH3 is 1. The van der Waals surface area contributed by atoms with E-state index in [1.165, 1.54) is 25.1 Å². The first-order valence-electron chi connectivity index (χ1n) is 6.29. The number of urea groups is 1. The molecule has 116 valence electrons. The molecule has 0 saturated heterocycles. The summed E-state index contributed by atoms with van der Waals surface area (Å²) < 4.78 is 4.58. The van der Waals surface area contributed by atoms with Gasteiger partial charge in [0.2, 0.25) is 0 Å². The van der Waals surface area contributed by atoms with Gasteiger partial charge in [0, 0.05) is 19.3 Å². The molecule has 0 bridgehead atoms. The van der Waals surface area contributed by atoms with Crippen LogP contribution in [-0.4, -0.2) is 53.7 Å². The molecule has 1 unspecified atom stereocenters. The van der Waals surface area contributed by atoms with E-state index < -0.39 is 23.9 Å². The highest BCUT2D eigenvalue weighted by atomic mass is 16.5. The number of nitrogens with one attached hydrogen (secondary N) is 2. The smallest absolute Gasteiger partial charge is 0.354 e. The molecule has 21 heavy (non-hydrogen) atoms. The van der Waals surface area contributed by atoms with Gasteiger partial charge in [0.05, 0.1) is 18.7 Å². The van der Waals surface area contributed by atoms with Crippen molar-refractivity contribution in [2.24, 2.45) is 5.92 Å². The van der Waals surface area contributed by atoms with E-state index >= 15 is 0 Å². The summed E-state index contributed by atoms with van der Waals surface area (Å²) in [6.07, 6.45) is 0. The summed E-state index contributed by atoms with van der Waals surface area (Å²) >= 11 is 0. The second-order valence-electron chi connectivity index (χ2n) is 4.78. The predicted molar refractivity (Wildman–Crippen MR) is 75.3 cm³/mol. The minimum absolute atomic E-state index is 0.0877. The number of carbonyl (C=O) groups excluding carboxylic acids is 2. The molecular formula is C13H19N3O5. The summed E-state index contributed by atoms with van der Waals surface area (Å²) in [7, 11) is 2.79. The zero-order chi connectivity index (χ0) is 16.2. The Morgan fingerprint density at radius 3 is 2.62 bits per heavy atom. The lowest BCUT2D eigenvalue weighted by atomic mass is 10.2. The van der Waals surface area contributed by atoms with Crippen LogP contribution in [0.4, 0.5) is 10.5 Å². The zero-order valence-electron chi connectivity index (χ0n) is 12.4. The monoisotopic (exact) mass is 297 g/mol. The van der Waals surface area contributed by atoms with Crippen LogP contribution in [0.3, 0.4) is 0 Å². The molecular weight excluding hydrogens is 278 g/mol. The highest BCUT2D eigenvalue weighted by Crippen LogP contribution is 2.17. The van der Waals surface area contributed by atoms with Crippen molar-refractivity contribution in [2.45, 2.75) is 13.8 Å². The van der Waals surface area contributed by atoms with Crippen LogP contribution in [-0.2, 0) is 9.53 Å². The molecule has 1 atom stereocenters. The lowest BCUT2D eigenvalue weighted by molar-refractivity contribution is -0.145. The van der Waals surface area contributed by atoms with E-state index in [9.17, 15) is 14.4 Å². The number of H-pyrrole nitrogens is 1. The fourth-order valence-electron chi connectivity index (χ4n) is 1.84. The van der Waals surface area contributed by atoms with Gasteiger partial charge in [0.15, 0.2) is 0 Å². The van der Waals surface area contributed by atoms with E-state index in [-0.39, 0.29) is 17.9 Å². The van der Waals surface area contributed by atoms with Gasteiger partial charge >= 0.3 is 18.0 Å². The van der Waals surface area contributed by atoms with Gasteiger partial charge in [0.1, 0.15) is 5.69 Å². The minimum atomic E-state index is -1.16. The lowest BCUT2D eigenvalue weighted by Gasteiger charge is -2.20. The highest BCUT2D eigenvalue weighted by Gasteiger charge is 2.21. The van der Waals surface area contributed by atoms with Crippen LogP contribution < -0.4 is 5.32 Å². The number of hydrogen-bond donors (Lipinski definition) is 3. The molecule has 1 rings (SSSR count). The summed E-state index contributed by atoms with van der Waals surface area (Å²) in [5, 5.41) is 11.5. The van der Waals surface area contributed by atoms with E-state index in [0.717, 1.165) is 0 Å². The first kappa shape index (κ1) is 16.5. The van der Waals surface area contributed by atoms with Crippen molar-refractivity contribution < 1.29 is 24.2 Å². The quantitative estimate of drug-likeness (QED) is 0.709. The molecule has 0 radical (unpaired) electrons. The molecule has 0 spiro atoms. The Balaban J connectivity index is 2.73. The number of nitrogens with zero attached hydrogens (tertiary/aromatic N) is 1. The molecule has 3 N–H and O–H groups in total. The Bertz CT molecular complexity index is 552. The Labute approximate surface area is 122 Å². The molecule has 0 fully saturated rings. The highest BCUT2D eigenvalue weighted by molar-refractivity contribution is 5.99. The zero-order valence-corrected chi connectivity index (χ0v) is 12.4. The van der Waals surface area contributed by atoms with Crippen LogP contribution >= 0.6 is 0 Å². The number of anilines is 1. The number of aryl methyl sites for hydroxylation is 1. The van der Waals surface area contributed by atoms with Gasteiger partial charge in [-0.05, 0) is 13.0 Å². The number of rotatable bonds is 5. The SMILES string of the molecule is COC(=O)C(C)CN(C)C(=O)Nc1cc(C)[nH]c1C(=O)O. The first-order chi connectivity index (χ1) is 9.76. The first-order valence-corrected chi connectivity index (χ1v) is 6.29. The maximum atomic E-state index is 12.0. The second kappa shape index (κ2) is 6.78. The van der Waals surface area contributed by atoms with Crippen LogP contribution in [0, 0.1) is 12.8 Å². The number of ether oxygens (including phenoxy) is 1. The largest absolute Gasteiger partial charge is 0.477 e. The third-order valence-electron chi connectivity index (χ3n) is 2.91. The second-order valence-corrected chi connectivity index (χ2v) is 4.78. The third kappa shape index (κ3) is 4.23. The number of amides is 2. The van der Waals surface area contributed by atoms with Crippen LogP contribution in [0.15, 0.2) is 6.07 Å². The van der Waals surface area contributed by atoms with Crippen molar-refractivity contribution in [1.29, 1.82) is 0 Å². The van der Waals surface area contributed by atoms with Crippen LogP contribution in [0.5, 0.6) is 0 Å². The predicted octanol–water partition coefficient (Wildman–Crippen LogP) is 1.29. The fraction of sp³-hybridized carbons (Fsp3) is 0.462. The van der Waals surface area contributed by atoms with Crippen LogP contribution in [0.1, 0.15) is 23.1 Å². The van der Waals surface area contributed by atoms with Gasteiger partial charge in [-0.1, -0.05) is 6.92 Å². The van der Waals surface area contributed by atoms with Gasteiger partial charge in [-0.25, -0.2) is 9.59 Å². The average Bonchev–Trinajstić information content (AvgIpc) is 2.78. The van der Waals surface area contributed by atoms with Gasteiger partial charge < -0.3 is 25.0 Å². The average molecular weight is 297 g/mol. The Morgan fingerprint density at radius 2 is 2.10 bits per heavy atom. The van der Waals surface area contributed by atoms with Crippen LogP contribution in [0.2, 0.25) is 0 Å². The van der Waals surface area contributed by atoms with E-state index in [1.807, 2.05) is 0 Å². The number of carboxylic acids is 1. The van der Waals surface area contributed by atoms with E-state index in [4.69, 9.17) is 5.11 Å². The van der Waals surface area contributed by atoms with Gasteiger partial charge in [-0.3, -0.25) is 4.79 Å². The number of carbonyl (C=O) groups is 3. The van der Waals surface area contributed by atoms with Crippen LogP contribution in [0.25, 0.3) is 0 Å².